The molecule has 6 nitrogen and oxygen atoms in total. The lowest BCUT2D eigenvalue weighted by atomic mass is 10.1. The number of amides is 1. The molecule has 0 fully saturated rings. The highest BCUT2D eigenvalue weighted by molar-refractivity contribution is 5.80. The summed E-state index contributed by atoms with van der Waals surface area (Å²) in [6.45, 7) is 4.81. The lowest BCUT2D eigenvalue weighted by Gasteiger charge is -2.22. The molecule has 1 atom stereocenters. The number of phenols is 1. The van der Waals surface area contributed by atoms with E-state index in [0.717, 1.165) is 12.1 Å². The molecule has 0 spiro atoms. The Morgan fingerprint density at radius 2 is 1.77 bits per heavy atom. The highest BCUT2D eigenvalue weighted by Gasteiger charge is 2.25. The molecule has 0 aliphatic carbocycles. The van der Waals surface area contributed by atoms with E-state index in [9.17, 15) is 18.4 Å². The number of nitrogens with one attached hydrogen (secondary N) is 1. The first-order valence-electron chi connectivity index (χ1n) is 6.39. The van der Waals surface area contributed by atoms with Gasteiger partial charge in [0.1, 0.15) is 11.6 Å². The molecule has 0 aliphatic heterocycles. The maximum Gasteiger partial charge on any atom is 0.408 e. The van der Waals surface area contributed by atoms with Crippen molar-refractivity contribution in [1.29, 1.82) is 0 Å². The molecular weight excluding hydrogens is 300 g/mol. The quantitative estimate of drug-likeness (QED) is 0.791. The van der Waals surface area contributed by atoms with Crippen molar-refractivity contribution in [1.82, 2.24) is 5.32 Å². The third kappa shape index (κ3) is 5.19. The summed E-state index contributed by atoms with van der Waals surface area (Å²) in [6.07, 6.45) is -1.33. The second kappa shape index (κ2) is 6.59. The van der Waals surface area contributed by atoms with Gasteiger partial charge in [0.05, 0.1) is 0 Å². The Bertz CT molecular complexity index is 560. The van der Waals surface area contributed by atoms with Crippen molar-refractivity contribution < 1.29 is 33.3 Å². The van der Waals surface area contributed by atoms with Gasteiger partial charge in [0, 0.05) is 6.42 Å². The second-order valence-electron chi connectivity index (χ2n) is 5.65. The van der Waals surface area contributed by atoms with Gasteiger partial charge in [-0.2, -0.15) is 0 Å². The van der Waals surface area contributed by atoms with Crippen LogP contribution in [0.15, 0.2) is 12.1 Å². The van der Waals surface area contributed by atoms with E-state index in [2.05, 4.69) is 5.32 Å². The number of halogens is 2. The zero-order chi connectivity index (χ0) is 17.1. The normalized spacial score (nSPS) is 12.6. The third-order valence-corrected chi connectivity index (χ3v) is 2.51. The van der Waals surface area contributed by atoms with Gasteiger partial charge in [-0.1, -0.05) is 0 Å². The predicted molar refractivity (Wildman–Crippen MR) is 72.5 cm³/mol. The Balaban J connectivity index is 2.85. The molecule has 122 valence electrons. The number of aliphatic carboxylic acids is 1. The van der Waals surface area contributed by atoms with Crippen molar-refractivity contribution in [3.63, 3.8) is 0 Å². The van der Waals surface area contributed by atoms with Gasteiger partial charge in [0.2, 0.25) is 0 Å². The van der Waals surface area contributed by atoms with Crippen LogP contribution in [0.1, 0.15) is 26.3 Å². The zero-order valence-corrected chi connectivity index (χ0v) is 12.3. The number of carboxylic acid groups (broad SMARTS) is 1. The number of alkyl carbamates (subject to hydrolysis) is 1. The fourth-order valence-corrected chi connectivity index (χ4v) is 1.62. The minimum absolute atomic E-state index is 0.0312. The molecule has 0 aliphatic rings. The molecule has 0 saturated carbocycles. The number of carbonyl (C=O) groups is 2. The predicted octanol–water partition coefficient (Wildman–Crippen LogP) is 2.19. The number of aromatic hydroxyl groups is 1. The lowest BCUT2D eigenvalue weighted by Crippen LogP contribution is -2.44. The molecule has 0 aromatic heterocycles. The van der Waals surface area contributed by atoms with E-state index >= 15 is 0 Å². The molecule has 0 saturated heterocycles. The van der Waals surface area contributed by atoms with Gasteiger partial charge in [-0.05, 0) is 38.5 Å². The largest absolute Gasteiger partial charge is 0.503 e. The van der Waals surface area contributed by atoms with Crippen LogP contribution in [-0.4, -0.2) is 33.9 Å². The second-order valence-corrected chi connectivity index (χ2v) is 5.65. The van der Waals surface area contributed by atoms with E-state index in [0.29, 0.717) is 0 Å². The standard InChI is InChI=1S/C14H17F2NO5/c1-14(2,3)22-13(21)17-10(12(19)20)6-7-4-8(15)11(18)9(16)5-7/h4-5,10,18H,6H2,1-3H3,(H,17,21)(H,19,20)/t10-/m1/s1. The van der Waals surface area contributed by atoms with Crippen LogP contribution in [0.25, 0.3) is 0 Å². The van der Waals surface area contributed by atoms with E-state index in [1.807, 2.05) is 0 Å². The lowest BCUT2D eigenvalue weighted by molar-refractivity contribution is -0.139. The minimum atomic E-state index is -1.43. The molecule has 0 heterocycles. The first-order chi connectivity index (χ1) is 9.99. The summed E-state index contributed by atoms with van der Waals surface area (Å²) in [7, 11) is 0. The van der Waals surface area contributed by atoms with E-state index in [1.54, 1.807) is 20.8 Å². The minimum Gasteiger partial charge on any atom is -0.503 e. The summed E-state index contributed by atoms with van der Waals surface area (Å²) in [6, 6.07) is 0.161. The van der Waals surface area contributed by atoms with Crippen molar-refractivity contribution in [2.24, 2.45) is 0 Å². The maximum absolute atomic E-state index is 13.2. The molecular formula is C14H17F2NO5. The molecule has 1 aromatic carbocycles. The van der Waals surface area contributed by atoms with Crippen LogP contribution in [0.2, 0.25) is 0 Å². The summed E-state index contributed by atoms with van der Waals surface area (Å²) in [5.74, 6) is -4.96. The van der Waals surface area contributed by atoms with E-state index in [4.69, 9.17) is 14.9 Å². The Morgan fingerprint density at radius 1 is 1.27 bits per heavy atom. The van der Waals surface area contributed by atoms with Gasteiger partial charge in [0.15, 0.2) is 17.4 Å². The van der Waals surface area contributed by atoms with Gasteiger partial charge in [0.25, 0.3) is 0 Å². The molecule has 1 aromatic rings. The summed E-state index contributed by atoms with van der Waals surface area (Å²) in [4.78, 5) is 22.7. The fourth-order valence-electron chi connectivity index (χ4n) is 1.62. The first kappa shape index (κ1) is 17.7. The molecule has 0 bridgehead atoms. The Hall–Kier alpha value is -2.38. The van der Waals surface area contributed by atoms with Crippen LogP contribution in [0, 0.1) is 11.6 Å². The monoisotopic (exact) mass is 317 g/mol. The van der Waals surface area contributed by atoms with Gasteiger partial charge in [-0.3, -0.25) is 0 Å². The fraction of sp³-hybridized carbons (Fsp3) is 0.429. The Kier molecular flexibility index (Phi) is 5.29. The molecule has 3 N–H and O–H groups in total. The average molecular weight is 317 g/mol. The van der Waals surface area contributed by atoms with E-state index in [1.165, 1.54) is 0 Å². The number of hydrogen-bond acceptors (Lipinski definition) is 4. The number of benzene rings is 1. The molecule has 22 heavy (non-hydrogen) atoms. The van der Waals surface area contributed by atoms with Crippen molar-refractivity contribution in [2.75, 3.05) is 0 Å². The number of carboxylic acids is 1. The maximum atomic E-state index is 13.2. The van der Waals surface area contributed by atoms with Gasteiger partial charge >= 0.3 is 12.1 Å². The summed E-state index contributed by atoms with van der Waals surface area (Å²) in [5.41, 5.74) is -0.847. The molecule has 1 amide bonds. The van der Waals surface area contributed by atoms with Crippen LogP contribution in [-0.2, 0) is 16.0 Å². The summed E-state index contributed by atoms with van der Waals surface area (Å²) >= 11 is 0. The first-order valence-corrected chi connectivity index (χ1v) is 6.39. The summed E-state index contributed by atoms with van der Waals surface area (Å²) in [5, 5.41) is 20.2. The molecule has 8 heteroatoms. The van der Waals surface area contributed by atoms with Crippen LogP contribution in [0.4, 0.5) is 13.6 Å². The van der Waals surface area contributed by atoms with E-state index < -0.39 is 41.1 Å². The smallest absolute Gasteiger partial charge is 0.408 e. The van der Waals surface area contributed by atoms with E-state index in [-0.39, 0.29) is 12.0 Å². The number of rotatable bonds is 4. The molecule has 1 rings (SSSR count). The topological polar surface area (TPSA) is 95.9 Å². The van der Waals surface area contributed by atoms with Gasteiger partial charge < -0.3 is 20.3 Å². The average Bonchev–Trinajstić information content (AvgIpc) is 2.32. The highest BCUT2D eigenvalue weighted by Crippen LogP contribution is 2.22. The number of hydrogen-bond donors (Lipinski definition) is 3. The molecule has 0 radical (unpaired) electrons. The van der Waals surface area contributed by atoms with Crippen molar-refractivity contribution in [2.45, 2.75) is 38.8 Å². The van der Waals surface area contributed by atoms with Crippen LogP contribution < -0.4 is 5.32 Å². The highest BCUT2D eigenvalue weighted by atomic mass is 19.1. The zero-order valence-electron chi connectivity index (χ0n) is 12.3. The van der Waals surface area contributed by atoms with Crippen LogP contribution in [0.3, 0.4) is 0 Å². The van der Waals surface area contributed by atoms with Gasteiger partial charge in [-0.15, -0.1) is 0 Å². The SMILES string of the molecule is CC(C)(C)OC(=O)N[C@H](Cc1cc(F)c(O)c(F)c1)C(=O)O. The number of phenolic OH excluding ortho intramolecular Hbond substituents is 1. The third-order valence-electron chi connectivity index (χ3n) is 2.51. The Morgan fingerprint density at radius 3 is 2.18 bits per heavy atom. The van der Waals surface area contributed by atoms with Crippen LogP contribution >= 0.6 is 0 Å². The van der Waals surface area contributed by atoms with Crippen molar-refractivity contribution >= 4 is 12.1 Å². The van der Waals surface area contributed by atoms with Crippen molar-refractivity contribution in [3.05, 3.63) is 29.3 Å². The molecule has 0 unspecified atom stereocenters. The Labute approximate surface area is 125 Å². The van der Waals surface area contributed by atoms with Crippen LogP contribution in [0.5, 0.6) is 5.75 Å². The van der Waals surface area contributed by atoms with Gasteiger partial charge in [-0.25, -0.2) is 18.4 Å². The van der Waals surface area contributed by atoms with Crippen molar-refractivity contribution in [3.8, 4) is 5.75 Å². The summed E-state index contributed by atoms with van der Waals surface area (Å²) < 4.78 is 31.4. The number of ether oxygens (including phenoxy) is 1. The number of carbonyl (C=O) groups excluding carboxylic acids is 1.